The number of rotatable bonds is 3. The summed E-state index contributed by atoms with van der Waals surface area (Å²) in [6.07, 6.45) is -5.25. The molecule has 1 rings (SSSR count). The van der Waals surface area contributed by atoms with Gasteiger partial charge in [-0.1, -0.05) is 0 Å². The Labute approximate surface area is 94.3 Å². The third-order valence-corrected chi connectivity index (χ3v) is 2.06. The third-order valence-electron chi connectivity index (χ3n) is 2.06. The van der Waals surface area contributed by atoms with Crippen molar-refractivity contribution in [2.75, 3.05) is 7.11 Å². The molecule has 2 N–H and O–H groups in total. The van der Waals surface area contributed by atoms with Crippen LogP contribution in [0, 0.1) is 0 Å². The standard InChI is InChI=1S/C10H9F3O4/c1-17-8-3-5(10(11,12)13)2-7(14)6(8)4-9(15)16/h2-3,14H,4H2,1H3,(H,15,16). The fourth-order valence-corrected chi connectivity index (χ4v) is 1.31. The highest BCUT2D eigenvalue weighted by Gasteiger charge is 2.32. The van der Waals surface area contributed by atoms with E-state index in [1.807, 2.05) is 0 Å². The van der Waals surface area contributed by atoms with Gasteiger partial charge in [0.05, 0.1) is 19.1 Å². The average molecular weight is 250 g/mol. The van der Waals surface area contributed by atoms with Gasteiger partial charge >= 0.3 is 12.1 Å². The summed E-state index contributed by atoms with van der Waals surface area (Å²) in [5.41, 5.74) is -1.28. The lowest BCUT2D eigenvalue weighted by molar-refractivity contribution is -0.137. The summed E-state index contributed by atoms with van der Waals surface area (Å²) in [5.74, 6) is -2.34. The Balaban J connectivity index is 3.30. The van der Waals surface area contributed by atoms with Crippen LogP contribution in [0.4, 0.5) is 13.2 Å². The summed E-state index contributed by atoms with van der Waals surface area (Å²) < 4.78 is 41.8. The van der Waals surface area contributed by atoms with Gasteiger partial charge < -0.3 is 14.9 Å². The number of alkyl halides is 3. The van der Waals surface area contributed by atoms with Crippen molar-refractivity contribution in [3.8, 4) is 11.5 Å². The van der Waals surface area contributed by atoms with E-state index in [2.05, 4.69) is 4.74 Å². The van der Waals surface area contributed by atoms with Crippen molar-refractivity contribution in [3.05, 3.63) is 23.3 Å². The maximum atomic E-state index is 12.4. The van der Waals surface area contributed by atoms with Gasteiger partial charge in [-0.25, -0.2) is 0 Å². The molecule has 0 amide bonds. The summed E-state index contributed by atoms with van der Waals surface area (Å²) in [7, 11) is 1.10. The van der Waals surface area contributed by atoms with E-state index < -0.39 is 29.9 Å². The summed E-state index contributed by atoms with van der Waals surface area (Å²) in [5, 5.41) is 17.9. The number of aliphatic carboxylic acids is 1. The monoisotopic (exact) mass is 250 g/mol. The van der Waals surface area contributed by atoms with Crippen molar-refractivity contribution >= 4 is 5.97 Å². The van der Waals surface area contributed by atoms with E-state index in [-0.39, 0.29) is 11.3 Å². The molecule has 7 heteroatoms. The fraction of sp³-hybridized carbons (Fsp3) is 0.300. The molecule has 17 heavy (non-hydrogen) atoms. The van der Waals surface area contributed by atoms with Crippen LogP contribution >= 0.6 is 0 Å². The second-order valence-electron chi connectivity index (χ2n) is 3.24. The first-order chi connectivity index (χ1) is 7.75. The number of ether oxygens (including phenoxy) is 1. The average Bonchev–Trinajstić information content (AvgIpc) is 2.18. The van der Waals surface area contributed by atoms with E-state index in [0.29, 0.717) is 12.1 Å². The predicted molar refractivity (Wildman–Crippen MR) is 51.0 cm³/mol. The summed E-state index contributed by atoms with van der Waals surface area (Å²) >= 11 is 0. The molecule has 0 fully saturated rings. The molecule has 0 aromatic heterocycles. The zero-order chi connectivity index (χ0) is 13.2. The first kappa shape index (κ1) is 13.1. The van der Waals surface area contributed by atoms with Crippen LogP contribution in [-0.4, -0.2) is 23.3 Å². The maximum absolute atomic E-state index is 12.4. The molecule has 0 aliphatic rings. The molecule has 1 aromatic carbocycles. The first-order valence-corrected chi connectivity index (χ1v) is 4.44. The van der Waals surface area contributed by atoms with Gasteiger partial charge in [-0.2, -0.15) is 13.2 Å². The van der Waals surface area contributed by atoms with E-state index in [4.69, 9.17) is 5.11 Å². The van der Waals surface area contributed by atoms with E-state index in [1.54, 1.807) is 0 Å². The van der Waals surface area contributed by atoms with Crippen LogP contribution < -0.4 is 4.74 Å². The van der Waals surface area contributed by atoms with Gasteiger partial charge in [0.2, 0.25) is 0 Å². The molecule has 0 aliphatic carbocycles. The van der Waals surface area contributed by atoms with E-state index in [0.717, 1.165) is 7.11 Å². The predicted octanol–water partition coefficient (Wildman–Crippen LogP) is 2.05. The molecule has 0 saturated heterocycles. The summed E-state index contributed by atoms with van der Waals surface area (Å²) in [4.78, 5) is 10.5. The number of carboxylic acids is 1. The minimum Gasteiger partial charge on any atom is -0.507 e. The molecular weight excluding hydrogens is 241 g/mol. The van der Waals surface area contributed by atoms with Crippen LogP contribution in [0.25, 0.3) is 0 Å². The second kappa shape index (κ2) is 4.52. The Bertz CT molecular complexity index is 440. The number of phenols is 1. The van der Waals surface area contributed by atoms with Crippen LogP contribution in [0.1, 0.15) is 11.1 Å². The Morgan fingerprint density at radius 1 is 1.41 bits per heavy atom. The zero-order valence-corrected chi connectivity index (χ0v) is 8.71. The van der Waals surface area contributed by atoms with Crippen molar-refractivity contribution in [1.29, 1.82) is 0 Å². The molecule has 0 heterocycles. The molecule has 0 spiro atoms. The quantitative estimate of drug-likeness (QED) is 0.861. The molecule has 4 nitrogen and oxygen atoms in total. The number of hydrogen-bond donors (Lipinski definition) is 2. The molecule has 0 atom stereocenters. The van der Waals surface area contributed by atoms with Crippen molar-refractivity contribution in [2.24, 2.45) is 0 Å². The smallest absolute Gasteiger partial charge is 0.416 e. The van der Waals surface area contributed by atoms with Crippen LogP contribution in [0.2, 0.25) is 0 Å². The zero-order valence-electron chi connectivity index (χ0n) is 8.71. The fourth-order valence-electron chi connectivity index (χ4n) is 1.31. The Morgan fingerprint density at radius 3 is 2.41 bits per heavy atom. The van der Waals surface area contributed by atoms with Gasteiger partial charge in [-0.05, 0) is 12.1 Å². The number of aromatic hydroxyl groups is 1. The van der Waals surface area contributed by atoms with E-state index in [9.17, 15) is 23.1 Å². The van der Waals surface area contributed by atoms with Gasteiger partial charge in [0, 0.05) is 5.56 Å². The van der Waals surface area contributed by atoms with Crippen molar-refractivity contribution in [1.82, 2.24) is 0 Å². The highest BCUT2D eigenvalue weighted by molar-refractivity contribution is 5.73. The molecule has 0 unspecified atom stereocenters. The third kappa shape index (κ3) is 3.02. The van der Waals surface area contributed by atoms with Crippen molar-refractivity contribution in [3.63, 3.8) is 0 Å². The highest BCUT2D eigenvalue weighted by Crippen LogP contribution is 2.37. The number of carbonyl (C=O) groups is 1. The molecule has 0 aliphatic heterocycles. The Morgan fingerprint density at radius 2 is 2.00 bits per heavy atom. The maximum Gasteiger partial charge on any atom is 0.416 e. The highest BCUT2D eigenvalue weighted by atomic mass is 19.4. The molecule has 1 aromatic rings. The Hall–Kier alpha value is -1.92. The summed E-state index contributed by atoms with van der Waals surface area (Å²) in [6, 6.07) is 1.12. The van der Waals surface area contributed by atoms with E-state index in [1.165, 1.54) is 0 Å². The van der Waals surface area contributed by atoms with Gasteiger partial charge in [-0.15, -0.1) is 0 Å². The van der Waals surface area contributed by atoms with Crippen molar-refractivity contribution in [2.45, 2.75) is 12.6 Å². The number of carboxylic acid groups (broad SMARTS) is 1. The number of phenolic OH excluding ortho intramolecular Hbond substituents is 1. The number of benzene rings is 1. The summed E-state index contributed by atoms with van der Waals surface area (Å²) in [6.45, 7) is 0. The molecule has 0 bridgehead atoms. The van der Waals surface area contributed by atoms with Crippen LogP contribution in [0.15, 0.2) is 12.1 Å². The molecular formula is C10H9F3O4. The molecule has 0 radical (unpaired) electrons. The molecule has 0 saturated carbocycles. The SMILES string of the molecule is COc1cc(C(F)(F)F)cc(O)c1CC(=O)O. The van der Waals surface area contributed by atoms with Gasteiger partial charge in [-0.3, -0.25) is 4.79 Å². The lowest BCUT2D eigenvalue weighted by Gasteiger charge is -2.13. The van der Waals surface area contributed by atoms with Crippen LogP contribution in [0.5, 0.6) is 11.5 Å². The lowest BCUT2D eigenvalue weighted by Crippen LogP contribution is -2.08. The minimum atomic E-state index is -4.63. The minimum absolute atomic E-state index is 0.187. The van der Waals surface area contributed by atoms with Crippen LogP contribution in [0.3, 0.4) is 0 Å². The number of methoxy groups -OCH3 is 1. The topological polar surface area (TPSA) is 66.8 Å². The molecule has 94 valence electrons. The second-order valence-corrected chi connectivity index (χ2v) is 3.24. The number of hydrogen-bond acceptors (Lipinski definition) is 3. The van der Waals surface area contributed by atoms with Crippen molar-refractivity contribution < 1.29 is 32.9 Å². The van der Waals surface area contributed by atoms with Crippen LogP contribution in [-0.2, 0) is 17.4 Å². The Kier molecular flexibility index (Phi) is 3.50. The van der Waals surface area contributed by atoms with Gasteiger partial charge in [0.1, 0.15) is 11.5 Å². The van der Waals surface area contributed by atoms with E-state index >= 15 is 0 Å². The largest absolute Gasteiger partial charge is 0.507 e. The first-order valence-electron chi connectivity index (χ1n) is 4.44. The number of halogens is 3. The lowest BCUT2D eigenvalue weighted by atomic mass is 10.1. The van der Waals surface area contributed by atoms with Gasteiger partial charge in [0.25, 0.3) is 0 Å². The van der Waals surface area contributed by atoms with Gasteiger partial charge in [0.15, 0.2) is 0 Å². The normalized spacial score (nSPS) is 11.3.